The fourth-order valence-corrected chi connectivity index (χ4v) is 4.72. The van der Waals surface area contributed by atoms with Crippen LogP contribution in [0.2, 0.25) is 0 Å². The van der Waals surface area contributed by atoms with Gasteiger partial charge in [-0.05, 0) is 48.4 Å². The normalized spacial score (nSPS) is 16.2. The number of ether oxygens (including phenoxy) is 2. The van der Waals surface area contributed by atoms with E-state index < -0.39 is 12.3 Å². The number of nitrogens with zero attached hydrogens (tertiary/aromatic N) is 3. The number of nitrogens with one attached hydrogen (secondary N) is 1. The van der Waals surface area contributed by atoms with Gasteiger partial charge in [0.1, 0.15) is 11.5 Å². The molecular weight excluding hydrogens is 456 g/mol. The van der Waals surface area contributed by atoms with Gasteiger partial charge < -0.3 is 14.4 Å². The molecular formula is C28H22N4O4. The Hall–Kier alpha value is -4.72. The quantitative estimate of drug-likeness (QED) is 0.477. The van der Waals surface area contributed by atoms with Crippen molar-refractivity contribution in [1.29, 1.82) is 0 Å². The van der Waals surface area contributed by atoms with E-state index in [9.17, 15) is 9.59 Å². The standard InChI is InChI=1S/C28H22N4O4/c1-35-21-15-19-11-13-32-25(19)22(16-21)24(17-6-3-2-4-7-17)30-26(27(32)33)31-28(34)36-20-9-10-23-18(14-20)8-5-12-29-23/h2-10,12,14-16,26H,11,13H2,1H3,(H,31,34)/t26-/m0/s1. The molecule has 0 saturated heterocycles. The van der Waals surface area contributed by atoms with Crippen molar-refractivity contribution in [1.82, 2.24) is 10.3 Å². The minimum Gasteiger partial charge on any atom is -0.497 e. The summed E-state index contributed by atoms with van der Waals surface area (Å²) in [5.41, 5.74) is 4.83. The van der Waals surface area contributed by atoms with E-state index in [1.54, 1.807) is 36.4 Å². The number of fused-ring (bicyclic) bond motifs is 1. The largest absolute Gasteiger partial charge is 0.497 e. The van der Waals surface area contributed by atoms with E-state index in [0.717, 1.165) is 33.3 Å². The fraction of sp³-hybridized carbons (Fsp3) is 0.143. The molecule has 178 valence electrons. The molecule has 4 aromatic rings. The van der Waals surface area contributed by atoms with Crippen LogP contribution in [0.4, 0.5) is 10.5 Å². The van der Waals surface area contributed by atoms with E-state index in [2.05, 4.69) is 10.3 Å². The Labute approximate surface area is 207 Å². The lowest BCUT2D eigenvalue weighted by Crippen LogP contribution is -2.47. The molecule has 8 heteroatoms. The Morgan fingerprint density at radius 3 is 2.72 bits per heavy atom. The van der Waals surface area contributed by atoms with Crippen molar-refractivity contribution < 1.29 is 19.1 Å². The second-order valence-corrected chi connectivity index (χ2v) is 8.56. The summed E-state index contributed by atoms with van der Waals surface area (Å²) in [5, 5.41) is 3.51. The van der Waals surface area contributed by atoms with Crippen LogP contribution in [0.15, 0.2) is 84.0 Å². The third-order valence-corrected chi connectivity index (χ3v) is 6.37. The number of aliphatic imine (C=N–C) groups is 1. The van der Waals surface area contributed by atoms with E-state index in [4.69, 9.17) is 14.5 Å². The molecule has 0 radical (unpaired) electrons. The maximum atomic E-state index is 13.6. The first-order valence-electron chi connectivity index (χ1n) is 11.6. The van der Waals surface area contributed by atoms with E-state index in [1.807, 2.05) is 54.6 Å². The molecule has 2 amide bonds. The van der Waals surface area contributed by atoms with Gasteiger partial charge in [0.05, 0.1) is 24.0 Å². The molecule has 3 heterocycles. The molecule has 0 spiro atoms. The maximum Gasteiger partial charge on any atom is 0.414 e. The fourth-order valence-electron chi connectivity index (χ4n) is 4.72. The predicted molar refractivity (Wildman–Crippen MR) is 136 cm³/mol. The summed E-state index contributed by atoms with van der Waals surface area (Å²) in [7, 11) is 1.62. The highest BCUT2D eigenvalue weighted by Gasteiger charge is 2.38. The van der Waals surface area contributed by atoms with Crippen LogP contribution in [0, 0.1) is 0 Å². The smallest absolute Gasteiger partial charge is 0.414 e. The van der Waals surface area contributed by atoms with E-state index in [0.29, 0.717) is 30.2 Å². The summed E-state index contributed by atoms with van der Waals surface area (Å²) >= 11 is 0. The molecule has 6 rings (SSSR count). The summed E-state index contributed by atoms with van der Waals surface area (Å²) in [6, 6.07) is 22.3. The average Bonchev–Trinajstić information content (AvgIpc) is 3.30. The van der Waals surface area contributed by atoms with Crippen LogP contribution in [-0.4, -0.2) is 42.5 Å². The van der Waals surface area contributed by atoms with Crippen LogP contribution >= 0.6 is 0 Å². The van der Waals surface area contributed by atoms with E-state index in [-0.39, 0.29) is 5.91 Å². The number of hydrogen-bond donors (Lipinski definition) is 1. The monoisotopic (exact) mass is 478 g/mol. The number of aromatic nitrogens is 1. The minimum atomic E-state index is -1.15. The van der Waals surface area contributed by atoms with Crippen LogP contribution in [0.5, 0.6) is 11.5 Å². The lowest BCUT2D eigenvalue weighted by Gasteiger charge is -2.21. The van der Waals surface area contributed by atoms with Gasteiger partial charge in [0.25, 0.3) is 5.91 Å². The number of rotatable bonds is 4. The number of amides is 2. The zero-order valence-corrected chi connectivity index (χ0v) is 19.5. The molecule has 2 aliphatic heterocycles. The van der Waals surface area contributed by atoms with Gasteiger partial charge in [0.15, 0.2) is 0 Å². The molecule has 0 bridgehead atoms. The SMILES string of the molecule is COc1cc2c3c(c1)C(c1ccccc1)=N[C@@H](NC(=O)Oc1ccc4ncccc4c1)C(=O)N3CC2. The first-order valence-corrected chi connectivity index (χ1v) is 11.6. The second-order valence-electron chi connectivity index (χ2n) is 8.56. The number of carbonyl (C=O) groups excluding carboxylic acids is 2. The van der Waals surface area contributed by atoms with E-state index in [1.165, 1.54) is 0 Å². The van der Waals surface area contributed by atoms with Crippen LogP contribution in [0.3, 0.4) is 0 Å². The molecule has 8 nitrogen and oxygen atoms in total. The number of pyridine rings is 1. The number of methoxy groups -OCH3 is 1. The van der Waals surface area contributed by atoms with Gasteiger partial charge in [0, 0.05) is 29.3 Å². The lowest BCUT2D eigenvalue weighted by atomic mass is 9.97. The van der Waals surface area contributed by atoms with Crippen molar-refractivity contribution >= 4 is 34.3 Å². The molecule has 0 saturated carbocycles. The van der Waals surface area contributed by atoms with Gasteiger partial charge in [-0.1, -0.05) is 36.4 Å². The molecule has 1 atom stereocenters. The second kappa shape index (κ2) is 8.81. The molecule has 1 aromatic heterocycles. The zero-order valence-electron chi connectivity index (χ0n) is 19.5. The van der Waals surface area contributed by atoms with Gasteiger partial charge in [0.2, 0.25) is 6.17 Å². The molecule has 0 aliphatic carbocycles. The van der Waals surface area contributed by atoms with E-state index >= 15 is 0 Å². The Bertz CT molecular complexity index is 1530. The minimum absolute atomic E-state index is 0.314. The molecule has 36 heavy (non-hydrogen) atoms. The van der Waals surface area contributed by atoms with Crippen molar-refractivity contribution in [3.05, 3.63) is 95.7 Å². The highest BCUT2D eigenvalue weighted by atomic mass is 16.6. The molecule has 1 N–H and O–H groups in total. The number of carbonyl (C=O) groups is 2. The van der Waals surface area contributed by atoms with Crippen molar-refractivity contribution in [2.75, 3.05) is 18.6 Å². The Kier molecular flexibility index (Phi) is 5.33. The maximum absolute atomic E-state index is 13.6. The van der Waals surface area contributed by atoms with Crippen molar-refractivity contribution in [3.63, 3.8) is 0 Å². The van der Waals surface area contributed by atoms with Crippen molar-refractivity contribution in [3.8, 4) is 11.5 Å². The third kappa shape index (κ3) is 3.82. The van der Waals surface area contributed by atoms with Crippen LogP contribution in [0.25, 0.3) is 10.9 Å². The van der Waals surface area contributed by atoms with Gasteiger partial charge in [-0.25, -0.2) is 9.79 Å². The molecule has 0 fully saturated rings. The van der Waals surface area contributed by atoms with Gasteiger partial charge >= 0.3 is 6.09 Å². The third-order valence-electron chi connectivity index (χ3n) is 6.37. The summed E-state index contributed by atoms with van der Waals surface area (Å²) in [6.45, 7) is 0.497. The zero-order chi connectivity index (χ0) is 24.6. The van der Waals surface area contributed by atoms with Gasteiger partial charge in [-0.3, -0.25) is 15.1 Å². The highest BCUT2D eigenvalue weighted by molar-refractivity contribution is 6.21. The van der Waals surface area contributed by atoms with Gasteiger partial charge in [-0.2, -0.15) is 0 Å². The lowest BCUT2D eigenvalue weighted by molar-refractivity contribution is -0.120. The Morgan fingerprint density at radius 1 is 1.03 bits per heavy atom. The number of benzene rings is 3. The average molecular weight is 479 g/mol. The predicted octanol–water partition coefficient (Wildman–Crippen LogP) is 4.10. The van der Waals surface area contributed by atoms with Gasteiger partial charge in [-0.15, -0.1) is 0 Å². The summed E-state index contributed by atoms with van der Waals surface area (Å²) < 4.78 is 11.0. The summed E-state index contributed by atoms with van der Waals surface area (Å²) in [5.74, 6) is 0.724. The van der Waals surface area contributed by atoms with Crippen LogP contribution in [0.1, 0.15) is 16.7 Å². The summed E-state index contributed by atoms with van der Waals surface area (Å²) in [4.78, 5) is 37.2. The molecule has 2 aliphatic rings. The first kappa shape index (κ1) is 21.8. The van der Waals surface area contributed by atoms with Crippen molar-refractivity contribution in [2.24, 2.45) is 4.99 Å². The molecule has 0 unspecified atom stereocenters. The topological polar surface area (TPSA) is 93.1 Å². The number of anilines is 1. The highest BCUT2D eigenvalue weighted by Crippen LogP contribution is 2.39. The van der Waals surface area contributed by atoms with Crippen LogP contribution < -0.4 is 19.7 Å². The Balaban J connectivity index is 1.36. The first-order chi connectivity index (χ1) is 17.6. The summed E-state index contributed by atoms with van der Waals surface area (Å²) in [6.07, 6.45) is 0.470. The Morgan fingerprint density at radius 2 is 1.89 bits per heavy atom. The number of hydrogen-bond acceptors (Lipinski definition) is 6. The van der Waals surface area contributed by atoms with Crippen molar-refractivity contribution in [2.45, 2.75) is 12.6 Å². The van der Waals surface area contributed by atoms with Crippen LogP contribution in [-0.2, 0) is 11.2 Å². The molecule has 3 aromatic carbocycles.